The van der Waals surface area contributed by atoms with Gasteiger partial charge in [-0.3, -0.25) is 9.78 Å². The third-order valence-electron chi connectivity index (χ3n) is 2.65. The number of hydrogen-bond acceptors (Lipinski definition) is 3. The van der Waals surface area contributed by atoms with E-state index in [1.165, 1.54) is 6.07 Å². The van der Waals surface area contributed by atoms with Gasteiger partial charge in [0.2, 0.25) is 0 Å². The van der Waals surface area contributed by atoms with Crippen LogP contribution in [-0.2, 0) is 10.2 Å². The highest BCUT2D eigenvalue weighted by Gasteiger charge is 2.48. The molecule has 0 unspecified atom stereocenters. The van der Waals surface area contributed by atoms with Crippen LogP contribution in [0.2, 0.25) is 0 Å². The summed E-state index contributed by atoms with van der Waals surface area (Å²) < 4.78 is 13.5. The first-order valence-corrected chi connectivity index (χ1v) is 4.64. The number of halogens is 1. The molecular weight excluding hydrogens is 195 g/mol. The number of hydrogen-bond donors (Lipinski definition) is 0. The molecule has 0 saturated heterocycles. The second-order valence-corrected chi connectivity index (χ2v) is 3.87. The number of pyridine rings is 1. The van der Waals surface area contributed by atoms with Crippen molar-refractivity contribution in [2.75, 3.05) is 0 Å². The number of ketones is 1. The van der Waals surface area contributed by atoms with Crippen LogP contribution in [0.15, 0.2) is 12.1 Å². The van der Waals surface area contributed by atoms with E-state index in [9.17, 15) is 9.18 Å². The van der Waals surface area contributed by atoms with E-state index < -0.39 is 11.2 Å². The van der Waals surface area contributed by atoms with Gasteiger partial charge < -0.3 is 0 Å². The van der Waals surface area contributed by atoms with Crippen LogP contribution in [-0.4, -0.2) is 10.8 Å². The highest BCUT2D eigenvalue weighted by atomic mass is 19.1. The third kappa shape index (κ3) is 1.40. The van der Waals surface area contributed by atoms with Crippen LogP contribution >= 0.6 is 0 Å². The smallest absolute Gasteiger partial charge is 0.146 e. The van der Waals surface area contributed by atoms with Gasteiger partial charge in [-0.1, -0.05) is 0 Å². The van der Waals surface area contributed by atoms with Gasteiger partial charge in [0.1, 0.15) is 17.0 Å². The second kappa shape index (κ2) is 3.13. The molecule has 15 heavy (non-hydrogen) atoms. The zero-order valence-electron chi connectivity index (χ0n) is 8.25. The molecule has 0 bridgehead atoms. The standard InChI is InChI=1S/C11H9FN2O/c1-7-2-3-9(12)10(14-7)11(6-13)4-8(15)5-11/h2-3H,4-5H2,1H3. The Labute approximate surface area is 86.6 Å². The first-order chi connectivity index (χ1) is 7.07. The lowest BCUT2D eigenvalue weighted by Gasteiger charge is -2.33. The van der Waals surface area contributed by atoms with E-state index in [1.807, 2.05) is 6.07 Å². The number of rotatable bonds is 1. The largest absolute Gasteiger partial charge is 0.300 e. The molecule has 0 aliphatic heterocycles. The van der Waals surface area contributed by atoms with Crippen LogP contribution in [0, 0.1) is 24.1 Å². The van der Waals surface area contributed by atoms with E-state index in [2.05, 4.69) is 4.98 Å². The summed E-state index contributed by atoms with van der Waals surface area (Å²) >= 11 is 0. The van der Waals surface area contributed by atoms with Crippen LogP contribution in [0.1, 0.15) is 24.2 Å². The summed E-state index contributed by atoms with van der Waals surface area (Å²) in [6.45, 7) is 1.73. The fourth-order valence-corrected chi connectivity index (χ4v) is 1.80. The Bertz CT molecular complexity index is 468. The van der Waals surface area contributed by atoms with Crippen LogP contribution in [0.4, 0.5) is 4.39 Å². The molecule has 1 aromatic heterocycles. The predicted octanol–water partition coefficient (Wildman–Crippen LogP) is 1.65. The van der Waals surface area contributed by atoms with E-state index in [0.717, 1.165) is 0 Å². The molecule has 0 N–H and O–H groups in total. The Kier molecular flexibility index (Phi) is 2.04. The topological polar surface area (TPSA) is 53.8 Å². The summed E-state index contributed by atoms with van der Waals surface area (Å²) in [5.74, 6) is -0.520. The summed E-state index contributed by atoms with van der Waals surface area (Å²) in [6.07, 6.45) is 0.160. The maximum absolute atomic E-state index is 13.5. The number of Topliss-reactive ketones (excluding diaryl/α,β-unsaturated/α-hetero) is 1. The first kappa shape index (κ1) is 9.78. The number of aromatic nitrogens is 1. The molecule has 0 amide bonds. The normalized spacial score (nSPS) is 18.1. The highest BCUT2D eigenvalue weighted by molar-refractivity contribution is 5.89. The SMILES string of the molecule is Cc1ccc(F)c(C2(C#N)CC(=O)C2)n1. The summed E-state index contributed by atoms with van der Waals surface area (Å²) in [5.41, 5.74) is -0.252. The minimum absolute atomic E-state index is 0.0146. The van der Waals surface area contributed by atoms with Gasteiger partial charge in [-0.05, 0) is 19.1 Å². The number of nitrogens with zero attached hydrogens (tertiary/aromatic N) is 2. The van der Waals surface area contributed by atoms with Crippen molar-refractivity contribution in [3.05, 3.63) is 29.3 Å². The van der Waals surface area contributed by atoms with E-state index in [1.54, 1.807) is 13.0 Å². The maximum Gasteiger partial charge on any atom is 0.146 e. The van der Waals surface area contributed by atoms with Crippen molar-refractivity contribution in [1.82, 2.24) is 4.98 Å². The van der Waals surface area contributed by atoms with Gasteiger partial charge in [-0.25, -0.2) is 4.39 Å². The van der Waals surface area contributed by atoms with E-state index in [-0.39, 0.29) is 24.3 Å². The number of nitriles is 1. The van der Waals surface area contributed by atoms with Crippen LogP contribution in [0.5, 0.6) is 0 Å². The molecule has 1 heterocycles. The first-order valence-electron chi connectivity index (χ1n) is 4.64. The zero-order chi connectivity index (χ0) is 11.1. The van der Waals surface area contributed by atoms with Gasteiger partial charge in [0.05, 0.1) is 11.8 Å². The molecule has 0 aromatic carbocycles. The summed E-state index contributed by atoms with van der Waals surface area (Å²) in [4.78, 5) is 15.0. The number of carbonyl (C=O) groups excluding carboxylic acids is 1. The molecule has 0 atom stereocenters. The Morgan fingerprint density at radius 3 is 2.73 bits per heavy atom. The Balaban J connectivity index is 2.49. The molecule has 0 spiro atoms. The van der Waals surface area contributed by atoms with Crippen molar-refractivity contribution in [1.29, 1.82) is 5.26 Å². The minimum Gasteiger partial charge on any atom is -0.300 e. The molecule has 4 heteroatoms. The zero-order valence-corrected chi connectivity index (χ0v) is 8.25. The third-order valence-corrected chi connectivity index (χ3v) is 2.65. The summed E-state index contributed by atoms with van der Waals surface area (Å²) in [7, 11) is 0. The molecule has 1 aliphatic rings. The second-order valence-electron chi connectivity index (χ2n) is 3.87. The van der Waals surface area contributed by atoms with Crippen molar-refractivity contribution < 1.29 is 9.18 Å². The average Bonchev–Trinajstić information content (AvgIpc) is 2.17. The van der Waals surface area contributed by atoms with Crippen molar-refractivity contribution in [3.63, 3.8) is 0 Å². The van der Waals surface area contributed by atoms with Gasteiger partial charge in [-0.15, -0.1) is 0 Å². The summed E-state index contributed by atoms with van der Waals surface area (Å²) in [6, 6.07) is 4.84. The molecule has 1 saturated carbocycles. The van der Waals surface area contributed by atoms with Crippen molar-refractivity contribution >= 4 is 5.78 Å². The lowest BCUT2D eigenvalue weighted by atomic mass is 9.66. The molecule has 76 valence electrons. The van der Waals surface area contributed by atoms with E-state index >= 15 is 0 Å². The van der Waals surface area contributed by atoms with Crippen molar-refractivity contribution in [2.45, 2.75) is 25.2 Å². The van der Waals surface area contributed by atoms with Crippen LogP contribution in [0.3, 0.4) is 0 Å². The van der Waals surface area contributed by atoms with E-state index in [4.69, 9.17) is 5.26 Å². The molecule has 3 nitrogen and oxygen atoms in total. The van der Waals surface area contributed by atoms with Gasteiger partial charge in [0.15, 0.2) is 0 Å². The Morgan fingerprint density at radius 1 is 1.53 bits per heavy atom. The van der Waals surface area contributed by atoms with Gasteiger partial charge in [-0.2, -0.15) is 5.26 Å². The van der Waals surface area contributed by atoms with Crippen LogP contribution < -0.4 is 0 Å². The van der Waals surface area contributed by atoms with Crippen LogP contribution in [0.25, 0.3) is 0 Å². The lowest BCUT2D eigenvalue weighted by Crippen LogP contribution is -2.42. The van der Waals surface area contributed by atoms with Crippen molar-refractivity contribution in [3.8, 4) is 6.07 Å². The van der Waals surface area contributed by atoms with Gasteiger partial charge in [0, 0.05) is 18.5 Å². The molecule has 1 fully saturated rings. The maximum atomic E-state index is 13.5. The monoisotopic (exact) mass is 204 g/mol. The van der Waals surface area contributed by atoms with Crippen molar-refractivity contribution in [2.24, 2.45) is 0 Å². The minimum atomic E-state index is -1.02. The molecular formula is C11H9FN2O. The number of carbonyl (C=O) groups is 1. The average molecular weight is 204 g/mol. The Hall–Kier alpha value is -1.76. The predicted molar refractivity (Wildman–Crippen MR) is 50.5 cm³/mol. The lowest BCUT2D eigenvalue weighted by molar-refractivity contribution is -0.126. The fourth-order valence-electron chi connectivity index (χ4n) is 1.80. The summed E-state index contributed by atoms with van der Waals surface area (Å²) in [5, 5.41) is 9.01. The fraction of sp³-hybridized carbons (Fsp3) is 0.364. The quantitative estimate of drug-likeness (QED) is 0.698. The van der Waals surface area contributed by atoms with Gasteiger partial charge in [0.25, 0.3) is 0 Å². The highest BCUT2D eigenvalue weighted by Crippen LogP contribution is 2.40. The van der Waals surface area contributed by atoms with Gasteiger partial charge >= 0.3 is 0 Å². The number of aryl methyl sites for hydroxylation is 1. The molecule has 2 rings (SSSR count). The molecule has 1 aromatic rings. The van der Waals surface area contributed by atoms with E-state index in [0.29, 0.717) is 5.69 Å². The Morgan fingerprint density at radius 2 is 2.20 bits per heavy atom. The molecule has 0 radical (unpaired) electrons. The molecule has 1 aliphatic carbocycles.